The molecule has 1 unspecified atom stereocenters. The molecule has 0 saturated carbocycles. The second-order valence-corrected chi connectivity index (χ2v) is 4.59. The first-order valence-corrected chi connectivity index (χ1v) is 5.73. The standard InChI is InChI=1S/C12H18N2O4/c1-6(2)10-9(7(3)13-18-10)11(15)14(5)8(4)12(16)17/h6,8H,1-5H3,(H,16,17). The number of hydrogen-bond donors (Lipinski definition) is 1. The molecule has 0 aliphatic rings. The normalized spacial score (nSPS) is 12.6. The van der Waals surface area contributed by atoms with Gasteiger partial charge in [0.25, 0.3) is 5.91 Å². The zero-order valence-electron chi connectivity index (χ0n) is 11.2. The minimum atomic E-state index is -1.05. The Balaban J connectivity index is 3.11. The van der Waals surface area contributed by atoms with Crippen LogP contribution in [-0.2, 0) is 4.79 Å². The number of aromatic nitrogens is 1. The van der Waals surface area contributed by atoms with Crippen molar-refractivity contribution in [1.29, 1.82) is 0 Å². The van der Waals surface area contributed by atoms with E-state index in [1.807, 2.05) is 13.8 Å². The molecule has 1 aromatic heterocycles. The monoisotopic (exact) mass is 254 g/mol. The van der Waals surface area contributed by atoms with Gasteiger partial charge < -0.3 is 14.5 Å². The molecule has 18 heavy (non-hydrogen) atoms. The van der Waals surface area contributed by atoms with E-state index in [9.17, 15) is 9.59 Å². The van der Waals surface area contributed by atoms with Crippen molar-refractivity contribution in [2.24, 2.45) is 0 Å². The highest BCUT2D eigenvalue weighted by molar-refractivity contribution is 5.98. The van der Waals surface area contributed by atoms with E-state index in [0.29, 0.717) is 17.0 Å². The van der Waals surface area contributed by atoms with Gasteiger partial charge in [-0.15, -0.1) is 0 Å². The Labute approximate surface area is 106 Å². The Morgan fingerprint density at radius 1 is 1.33 bits per heavy atom. The summed E-state index contributed by atoms with van der Waals surface area (Å²) in [5.74, 6) is -0.931. The van der Waals surface area contributed by atoms with Gasteiger partial charge in [0.2, 0.25) is 0 Å². The number of carbonyl (C=O) groups is 2. The maximum absolute atomic E-state index is 12.3. The molecule has 6 nitrogen and oxygen atoms in total. The van der Waals surface area contributed by atoms with E-state index in [4.69, 9.17) is 9.63 Å². The largest absolute Gasteiger partial charge is 0.480 e. The highest BCUT2D eigenvalue weighted by atomic mass is 16.5. The Hall–Kier alpha value is -1.85. The summed E-state index contributed by atoms with van der Waals surface area (Å²) >= 11 is 0. The Bertz CT molecular complexity index is 465. The van der Waals surface area contributed by atoms with Gasteiger partial charge >= 0.3 is 5.97 Å². The number of aliphatic carboxylic acids is 1. The Morgan fingerprint density at radius 2 is 1.89 bits per heavy atom. The van der Waals surface area contributed by atoms with E-state index < -0.39 is 12.0 Å². The zero-order valence-corrected chi connectivity index (χ0v) is 11.2. The number of carbonyl (C=O) groups excluding carboxylic acids is 1. The quantitative estimate of drug-likeness (QED) is 0.883. The van der Waals surface area contributed by atoms with Crippen LogP contribution in [0.1, 0.15) is 48.5 Å². The molecule has 1 aromatic rings. The Morgan fingerprint density at radius 3 is 2.33 bits per heavy atom. The number of carboxylic acid groups (broad SMARTS) is 1. The van der Waals surface area contributed by atoms with Crippen LogP contribution in [0, 0.1) is 6.92 Å². The fourth-order valence-electron chi connectivity index (χ4n) is 1.56. The van der Waals surface area contributed by atoms with Crippen molar-refractivity contribution in [1.82, 2.24) is 10.1 Å². The lowest BCUT2D eigenvalue weighted by atomic mass is 10.0. The van der Waals surface area contributed by atoms with Gasteiger partial charge in [0.1, 0.15) is 11.6 Å². The summed E-state index contributed by atoms with van der Waals surface area (Å²) in [6.07, 6.45) is 0. The summed E-state index contributed by atoms with van der Waals surface area (Å²) in [6, 6.07) is -0.896. The SMILES string of the molecule is Cc1noc(C(C)C)c1C(=O)N(C)C(C)C(=O)O. The smallest absolute Gasteiger partial charge is 0.326 e. The van der Waals surface area contributed by atoms with Crippen LogP contribution >= 0.6 is 0 Å². The van der Waals surface area contributed by atoms with Gasteiger partial charge in [-0.05, 0) is 13.8 Å². The molecule has 0 fully saturated rings. The highest BCUT2D eigenvalue weighted by Gasteiger charge is 2.29. The van der Waals surface area contributed by atoms with Crippen LogP contribution < -0.4 is 0 Å². The average molecular weight is 254 g/mol. The second-order valence-electron chi connectivity index (χ2n) is 4.59. The van der Waals surface area contributed by atoms with E-state index in [-0.39, 0.29) is 11.8 Å². The van der Waals surface area contributed by atoms with Crippen LogP contribution in [0.15, 0.2) is 4.52 Å². The predicted octanol–water partition coefficient (Wildman–Crippen LogP) is 1.65. The van der Waals surface area contributed by atoms with Crippen LogP contribution in [0.3, 0.4) is 0 Å². The van der Waals surface area contributed by atoms with Crippen LogP contribution in [-0.4, -0.2) is 40.1 Å². The topological polar surface area (TPSA) is 83.6 Å². The molecule has 1 rings (SSSR count). The predicted molar refractivity (Wildman–Crippen MR) is 64.5 cm³/mol. The molecule has 0 aliphatic heterocycles. The van der Waals surface area contributed by atoms with Crippen molar-refractivity contribution in [2.75, 3.05) is 7.05 Å². The van der Waals surface area contributed by atoms with Gasteiger partial charge in [-0.25, -0.2) is 4.79 Å². The summed E-state index contributed by atoms with van der Waals surface area (Å²) in [6.45, 7) is 6.90. The van der Waals surface area contributed by atoms with E-state index in [2.05, 4.69) is 5.16 Å². The van der Waals surface area contributed by atoms with E-state index in [0.717, 1.165) is 0 Å². The molecule has 0 aromatic carbocycles. The van der Waals surface area contributed by atoms with Crippen LogP contribution in [0.2, 0.25) is 0 Å². The lowest BCUT2D eigenvalue weighted by Crippen LogP contribution is -2.40. The van der Waals surface area contributed by atoms with E-state index >= 15 is 0 Å². The molecule has 0 spiro atoms. The molecule has 100 valence electrons. The summed E-state index contributed by atoms with van der Waals surface area (Å²) in [5.41, 5.74) is 0.841. The molecule has 0 saturated heterocycles. The molecule has 1 amide bonds. The first kappa shape index (κ1) is 14.2. The van der Waals surface area contributed by atoms with Crippen LogP contribution in [0.5, 0.6) is 0 Å². The average Bonchev–Trinajstić information content (AvgIpc) is 2.68. The summed E-state index contributed by atoms with van der Waals surface area (Å²) in [7, 11) is 1.46. The van der Waals surface area contributed by atoms with Crippen molar-refractivity contribution in [2.45, 2.75) is 39.7 Å². The van der Waals surface area contributed by atoms with E-state index in [1.165, 1.54) is 18.9 Å². The maximum atomic E-state index is 12.3. The number of carboxylic acids is 1. The second kappa shape index (κ2) is 5.20. The first-order valence-electron chi connectivity index (χ1n) is 5.73. The molecule has 1 N–H and O–H groups in total. The van der Waals surface area contributed by atoms with Crippen molar-refractivity contribution in [3.8, 4) is 0 Å². The molecule has 0 radical (unpaired) electrons. The summed E-state index contributed by atoms with van der Waals surface area (Å²) in [4.78, 5) is 24.3. The lowest BCUT2D eigenvalue weighted by molar-refractivity contribution is -0.141. The van der Waals surface area contributed by atoms with Crippen molar-refractivity contribution in [3.05, 3.63) is 17.0 Å². The van der Waals surface area contributed by atoms with Crippen LogP contribution in [0.4, 0.5) is 0 Å². The van der Waals surface area contributed by atoms with Crippen molar-refractivity contribution >= 4 is 11.9 Å². The molecular formula is C12H18N2O4. The van der Waals surface area contributed by atoms with Crippen molar-refractivity contribution < 1.29 is 19.2 Å². The zero-order chi connectivity index (χ0) is 14.0. The molecule has 0 aliphatic carbocycles. The van der Waals surface area contributed by atoms with Gasteiger partial charge in [-0.2, -0.15) is 0 Å². The number of nitrogens with zero attached hydrogens (tertiary/aromatic N) is 2. The number of amides is 1. The maximum Gasteiger partial charge on any atom is 0.326 e. The number of rotatable bonds is 4. The highest BCUT2D eigenvalue weighted by Crippen LogP contribution is 2.23. The first-order chi connectivity index (χ1) is 8.27. The minimum absolute atomic E-state index is 0.0127. The molecule has 0 bridgehead atoms. The molecular weight excluding hydrogens is 236 g/mol. The lowest BCUT2D eigenvalue weighted by Gasteiger charge is -2.21. The third-order valence-corrected chi connectivity index (χ3v) is 2.89. The summed E-state index contributed by atoms with van der Waals surface area (Å²) < 4.78 is 5.12. The molecule has 1 atom stereocenters. The van der Waals surface area contributed by atoms with Gasteiger partial charge in [0.15, 0.2) is 5.76 Å². The van der Waals surface area contributed by atoms with Crippen LogP contribution in [0.25, 0.3) is 0 Å². The van der Waals surface area contributed by atoms with E-state index in [1.54, 1.807) is 6.92 Å². The fraction of sp³-hybridized carbons (Fsp3) is 0.583. The van der Waals surface area contributed by atoms with Gasteiger partial charge in [-0.1, -0.05) is 19.0 Å². The summed E-state index contributed by atoms with van der Waals surface area (Å²) in [5, 5.41) is 12.7. The number of hydrogen-bond acceptors (Lipinski definition) is 4. The number of likely N-dealkylation sites (N-methyl/N-ethyl adjacent to an activating group) is 1. The fourth-order valence-corrected chi connectivity index (χ4v) is 1.56. The van der Waals surface area contributed by atoms with Crippen molar-refractivity contribution in [3.63, 3.8) is 0 Å². The van der Waals surface area contributed by atoms with Gasteiger partial charge in [-0.3, -0.25) is 4.79 Å². The minimum Gasteiger partial charge on any atom is -0.480 e. The third kappa shape index (κ3) is 2.52. The Kier molecular flexibility index (Phi) is 4.11. The third-order valence-electron chi connectivity index (χ3n) is 2.89. The molecule has 6 heteroatoms. The van der Waals surface area contributed by atoms with Gasteiger partial charge in [0.05, 0.1) is 5.69 Å². The molecule has 1 heterocycles. The number of aryl methyl sites for hydroxylation is 1. The van der Waals surface area contributed by atoms with Gasteiger partial charge in [0, 0.05) is 13.0 Å².